The Hall–Kier alpha value is -3.47. The second-order valence-electron chi connectivity index (χ2n) is 7.03. The van der Waals surface area contributed by atoms with Crippen LogP contribution < -0.4 is 0 Å². The molecule has 2 aromatic carbocycles. The molecule has 28 heavy (non-hydrogen) atoms. The van der Waals surface area contributed by atoms with E-state index in [-0.39, 0.29) is 0 Å². The number of fused-ring (bicyclic) bond motifs is 2. The zero-order valence-electron chi connectivity index (χ0n) is 16.1. The van der Waals surface area contributed by atoms with Crippen molar-refractivity contribution in [1.29, 1.82) is 0 Å². The lowest BCUT2D eigenvalue weighted by Crippen LogP contribution is -1.89. The summed E-state index contributed by atoms with van der Waals surface area (Å²) in [5.41, 5.74) is 8.18. The van der Waals surface area contributed by atoms with Gasteiger partial charge in [0.1, 0.15) is 11.6 Å². The zero-order valence-corrected chi connectivity index (χ0v) is 16.1. The Balaban J connectivity index is 1.88. The number of nitrogens with one attached hydrogen (secondary N) is 1. The number of hydrogen-bond donors (Lipinski definition) is 1. The number of benzene rings is 2. The molecule has 0 aliphatic heterocycles. The van der Waals surface area contributed by atoms with Crippen molar-refractivity contribution >= 4 is 21.9 Å². The van der Waals surface area contributed by atoms with E-state index in [4.69, 9.17) is 9.51 Å². The molecular weight excluding hydrogens is 348 g/mol. The summed E-state index contributed by atoms with van der Waals surface area (Å²) in [7, 11) is 0. The van der Waals surface area contributed by atoms with E-state index in [1.54, 1.807) is 0 Å². The number of rotatable bonds is 3. The highest BCUT2D eigenvalue weighted by Crippen LogP contribution is 2.37. The van der Waals surface area contributed by atoms with Crippen molar-refractivity contribution in [2.24, 2.45) is 0 Å². The molecule has 0 saturated heterocycles. The Morgan fingerprint density at radius 1 is 1.04 bits per heavy atom. The van der Waals surface area contributed by atoms with Gasteiger partial charge in [0.25, 0.3) is 0 Å². The molecule has 0 bridgehead atoms. The van der Waals surface area contributed by atoms with Crippen LogP contribution in [-0.2, 0) is 6.42 Å². The molecule has 3 heterocycles. The fourth-order valence-electron chi connectivity index (χ4n) is 3.92. The van der Waals surface area contributed by atoms with Crippen LogP contribution in [0, 0.1) is 13.8 Å². The van der Waals surface area contributed by atoms with E-state index in [0.29, 0.717) is 0 Å². The van der Waals surface area contributed by atoms with Gasteiger partial charge in [0.05, 0.1) is 22.2 Å². The standard InChI is InChI=1S/C23H20N4O/c1-4-21-25-20-12-15(22-13(2)27-28-14(22)3)11-18(23(20)26-21)16-7-5-9-19-17(16)8-6-10-24-19/h5-12H,4H2,1-3H3,(H,25,26). The minimum absolute atomic E-state index is 0.817. The Labute approximate surface area is 162 Å². The van der Waals surface area contributed by atoms with Crippen LogP contribution in [0.3, 0.4) is 0 Å². The van der Waals surface area contributed by atoms with Gasteiger partial charge >= 0.3 is 0 Å². The van der Waals surface area contributed by atoms with Gasteiger partial charge in [0.15, 0.2) is 0 Å². The second kappa shape index (κ2) is 6.30. The zero-order chi connectivity index (χ0) is 19.3. The van der Waals surface area contributed by atoms with E-state index in [0.717, 1.165) is 67.9 Å². The van der Waals surface area contributed by atoms with Gasteiger partial charge in [0.2, 0.25) is 0 Å². The molecule has 138 valence electrons. The van der Waals surface area contributed by atoms with Gasteiger partial charge in [-0.05, 0) is 49.2 Å². The third-order valence-corrected chi connectivity index (χ3v) is 5.23. The van der Waals surface area contributed by atoms with Crippen LogP contribution in [0.15, 0.2) is 53.2 Å². The minimum atomic E-state index is 0.817. The molecule has 5 aromatic rings. The second-order valence-corrected chi connectivity index (χ2v) is 7.03. The van der Waals surface area contributed by atoms with Crippen LogP contribution in [0.4, 0.5) is 0 Å². The summed E-state index contributed by atoms with van der Waals surface area (Å²) in [6.07, 6.45) is 2.68. The first-order valence-electron chi connectivity index (χ1n) is 9.45. The SMILES string of the molecule is CCc1nc2c(-c3cccc4ncccc34)cc(-c3c(C)noc3C)cc2[nH]1. The quantitative estimate of drug-likeness (QED) is 0.449. The lowest BCUT2D eigenvalue weighted by atomic mass is 9.94. The number of nitrogens with zero attached hydrogens (tertiary/aromatic N) is 3. The van der Waals surface area contributed by atoms with Gasteiger partial charge in [-0.25, -0.2) is 4.98 Å². The summed E-state index contributed by atoms with van der Waals surface area (Å²) in [6, 6.07) is 14.6. The Kier molecular flexibility index (Phi) is 3.76. The molecule has 0 unspecified atom stereocenters. The molecule has 0 aliphatic carbocycles. The number of pyridine rings is 1. The van der Waals surface area contributed by atoms with Gasteiger partial charge in [-0.15, -0.1) is 0 Å². The molecule has 0 amide bonds. The van der Waals surface area contributed by atoms with E-state index in [1.807, 2.05) is 38.2 Å². The first-order valence-corrected chi connectivity index (χ1v) is 9.45. The first kappa shape index (κ1) is 16.7. The molecule has 5 rings (SSSR count). The fraction of sp³-hybridized carbons (Fsp3) is 0.174. The van der Waals surface area contributed by atoms with Crippen molar-refractivity contribution in [3.05, 3.63) is 65.9 Å². The molecule has 5 nitrogen and oxygen atoms in total. The predicted molar refractivity (Wildman–Crippen MR) is 111 cm³/mol. The molecule has 5 heteroatoms. The van der Waals surface area contributed by atoms with E-state index in [2.05, 4.69) is 46.3 Å². The molecule has 0 aliphatic rings. The predicted octanol–water partition coefficient (Wildman–Crippen LogP) is 5.61. The Bertz CT molecular complexity index is 1300. The molecule has 0 spiro atoms. The van der Waals surface area contributed by atoms with Crippen LogP contribution in [0.1, 0.15) is 24.2 Å². The summed E-state index contributed by atoms with van der Waals surface area (Å²) in [6.45, 7) is 6.03. The maximum atomic E-state index is 5.42. The minimum Gasteiger partial charge on any atom is -0.361 e. The molecule has 0 saturated carbocycles. The van der Waals surface area contributed by atoms with Crippen LogP contribution in [0.2, 0.25) is 0 Å². The summed E-state index contributed by atoms with van der Waals surface area (Å²) < 4.78 is 5.42. The lowest BCUT2D eigenvalue weighted by molar-refractivity contribution is 0.393. The van der Waals surface area contributed by atoms with Crippen molar-refractivity contribution in [3.8, 4) is 22.3 Å². The molecule has 0 radical (unpaired) electrons. The van der Waals surface area contributed by atoms with E-state index < -0.39 is 0 Å². The Morgan fingerprint density at radius 3 is 2.71 bits per heavy atom. The van der Waals surface area contributed by atoms with Crippen LogP contribution >= 0.6 is 0 Å². The average molecular weight is 368 g/mol. The normalized spacial score (nSPS) is 11.5. The highest BCUT2D eigenvalue weighted by molar-refractivity contribution is 6.04. The number of aromatic amines is 1. The largest absolute Gasteiger partial charge is 0.361 e. The Morgan fingerprint density at radius 2 is 1.93 bits per heavy atom. The van der Waals surface area contributed by atoms with Crippen LogP contribution in [0.25, 0.3) is 44.2 Å². The molecule has 3 aromatic heterocycles. The summed E-state index contributed by atoms with van der Waals surface area (Å²) in [4.78, 5) is 12.8. The van der Waals surface area contributed by atoms with Gasteiger partial charge in [0, 0.05) is 29.1 Å². The number of H-pyrrole nitrogens is 1. The number of hydrogen-bond acceptors (Lipinski definition) is 4. The maximum absolute atomic E-state index is 5.42. The average Bonchev–Trinajstić information content (AvgIpc) is 3.29. The van der Waals surface area contributed by atoms with Crippen molar-refractivity contribution in [3.63, 3.8) is 0 Å². The topological polar surface area (TPSA) is 67.6 Å². The number of imidazole rings is 1. The molecular formula is C23H20N4O. The monoisotopic (exact) mass is 368 g/mol. The van der Waals surface area contributed by atoms with E-state index in [1.165, 1.54) is 0 Å². The first-order chi connectivity index (χ1) is 13.7. The number of aromatic nitrogens is 4. The number of aryl methyl sites for hydroxylation is 3. The highest BCUT2D eigenvalue weighted by atomic mass is 16.5. The molecule has 1 N–H and O–H groups in total. The highest BCUT2D eigenvalue weighted by Gasteiger charge is 2.18. The summed E-state index contributed by atoms with van der Waals surface area (Å²) >= 11 is 0. The molecule has 0 fully saturated rings. The smallest absolute Gasteiger partial charge is 0.141 e. The van der Waals surface area contributed by atoms with Crippen molar-refractivity contribution in [2.45, 2.75) is 27.2 Å². The summed E-state index contributed by atoms with van der Waals surface area (Å²) in [5.74, 6) is 1.79. The van der Waals surface area contributed by atoms with Crippen LogP contribution in [0.5, 0.6) is 0 Å². The van der Waals surface area contributed by atoms with Gasteiger partial charge in [-0.3, -0.25) is 4.98 Å². The lowest BCUT2D eigenvalue weighted by Gasteiger charge is -2.10. The van der Waals surface area contributed by atoms with Crippen molar-refractivity contribution in [1.82, 2.24) is 20.1 Å². The third kappa shape index (κ3) is 2.51. The van der Waals surface area contributed by atoms with Crippen molar-refractivity contribution < 1.29 is 4.52 Å². The van der Waals surface area contributed by atoms with Gasteiger partial charge in [-0.1, -0.05) is 30.3 Å². The maximum Gasteiger partial charge on any atom is 0.141 e. The van der Waals surface area contributed by atoms with E-state index in [9.17, 15) is 0 Å². The third-order valence-electron chi connectivity index (χ3n) is 5.23. The van der Waals surface area contributed by atoms with Crippen LogP contribution in [-0.4, -0.2) is 20.1 Å². The fourth-order valence-corrected chi connectivity index (χ4v) is 3.92. The van der Waals surface area contributed by atoms with Gasteiger partial charge < -0.3 is 9.51 Å². The summed E-state index contributed by atoms with van der Waals surface area (Å²) in [5, 5.41) is 5.25. The van der Waals surface area contributed by atoms with E-state index >= 15 is 0 Å². The van der Waals surface area contributed by atoms with Crippen molar-refractivity contribution in [2.75, 3.05) is 0 Å². The molecule has 0 atom stereocenters. The van der Waals surface area contributed by atoms with Gasteiger partial charge in [-0.2, -0.15) is 0 Å².